The largest absolute Gasteiger partial charge is 0.417 e. The molecule has 6 aromatic rings. The molecule has 1 atom stereocenters. The van der Waals surface area contributed by atoms with Crippen LogP contribution in [0.1, 0.15) is 87.9 Å². The van der Waals surface area contributed by atoms with Gasteiger partial charge in [-0.25, -0.2) is 9.97 Å². The maximum atomic E-state index is 13.9. The van der Waals surface area contributed by atoms with E-state index in [-0.39, 0.29) is 65.0 Å². The van der Waals surface area contributed by atoms with E-state index in [1.165, 1.54) is 18.2 Å². The van der Waals surface area contributed by atoms with Crippen LogP contribution in [0.5, 0.6) is 0 Å². The molecule has 0 bridgehead atoms. The first-order valence-electron chi connectivity index (χ1n) is 26.0. The van der Waals surface area contributed by atoms with Crippen LogP contribution in [-0.4, -0.2) is 151 Å². The van der Waals surface area contributed by atoms with Gasteiger partial charge in [0.25, 0.3) is 11.8 Å². The van der Waals surface area contributed by atoms with Crippen LogP contribution in [-0.2, 0) is 25.2 Å². The molecular formula is C56H64ClF3N10O6. The van der Waals surface area contributed by atoms with Gasteiger partial charge in [0.15, 0.2) is 0 Å². The highest BCUT2D eigenvalue weighted by molar-refractivity contribution is 6.30. The molecule has 5 heterocycles. The SMILES string of the molecule is NC1(C(=O)N[C@@H](CCN2CCN(C(=O)CCOCCOCCNC(=O)c3ccc(C4CCN(C(=O)c5cccc6c(C(F)(F)F)cccc56)CC4)cc3)CC2)c2ccc(Cl)cc2)CCN(c2ncnc3[nH]ccc23)CC1. The van der Waals surface area contributed by atoms with E-state index in [1.807, 2.05) is 53.6 Å². The van der Waals surface area contributed by atoms with E-state index < -0.39 is 17.3 Å². The average Bonchev–Trinajstić information content (AvgIpc) is 3.93. The van der Waals surface area contributed by atoms with Gasteiger partial charge in [0.05, 0.1) is 55.4 Å². The molecule has 0 unspecified atom stereocenters. The number of ether oxygens (including phenoxy) is 2. The summed E-state index contributed by atoms with van der Waals surface area (Å²) < 4.78 is 52.3. The normalized spacial score (nSPS) is 17.0. The number of likely N-dealkylation sites (tertiary alicyclic amines) is 1. The molecule has 16 nitrogen and oxygen atoms in total. The lowest BCUT2D eigenvalue weighted by Crippen LogP contribution is -2.60. The van der Waals surface area contributed by atoms with Gasteiger partial charge in [-0.15, -0.1) is 0 Å². The Morgan fingerprint density at radius 2 is 1.47 bits per heavy atom. The summed E-state index contributed by atoms with van der Waals surface area (Å²) in [6.45, 7) is 6.92. The predicted molar refractivity (Wildman–Crippen MR) is 284 cm³/mol. The van der Waals surface area contributed by atoms with Crippen molar-refractivity contribution in [2.75, 3.05) is 96.8 Å². The average molecular weight is 1070 g/mol. The van der Waals surface area contributed by atoms with Gasteiger partial charge in [0, 0.05) is 87.8 Å². The van der Waals surface area contributed by atoms with Crippen LogP contribution in [0.2, 0.25) is 5.02 Å². The van der Waals surface area contributed by atoms with Crippen LogP contribution < -0.4 is 21.3 Å². The Morgan fingerprint density at radius 1 is 0.776 bits per heavy atom. The number of alkyl halides is 3. The quantitative estimate of drug-likeness (QED) is 0.0594. The van der Waals surface area contributed by atoms with E-state index in [4.69, 9.17) is 26.8 Å². The Hall–Kier alpha value is -6.64. The molecule has 0 radical (unpaired) electrons. The Bertz CT molecular complexity index is 2950. The number of rotatable bonds is 19. The number of carbonyl (C=O) groups is 4. The van der Waals surface area contributed by atoms with Crippen molar-refractivity contribution in [2.45, 2.75) is 62.2 Å². The van der Waals surface area contributed by atoms with E-state index in [2.05, 4.69) is 35.4 Å². The molecule has 0 spiro atoms. The first-order valence-corrected chi connectivity index (χ1v) is 26.4. The van der Waals surface area contributed by atoms with E-state index in [1.54, 1.807) is 35.5 Å². The number of benzene rings is 4. The summed E-state index contributed by atoms with van der Waals surface area (Å²) >= 11 is 6.23. The van der Waals surface area contributed by atoms with Gasteiger partial charge in [0.1, 0.15) is 17.8 Å². The molecule has 3 fully saturated rings. The van der Waals surface area contributed by atoms with Crippen molar-refractivity contribution in [3.05, 3.63) is 136 Å². The number of amides is 4. The van der Waals surface area contributed by atoms with Crippen molar-refractivity contribution >= 4 is 62.9 Å². The summed E-state index contributed by atoms with van der Waals surface area (Å²) in [5.41, 5.74) is 8.58. The number of aromatic amines is 1. The van der Waals surface area contributed by atoms with Crippen molar-refractivity contribution in [1.82, 2.24) is 40.3 Å². The number of fused-ring (bicyclic) bond motifs is 2. The van der Waals surface area contributed by atoms with Gasteiger partial charge in [-0.2, -0.15) is 13.2 Å². The van der Waals surface area contributed by atoms with E-state index in [0.717, 1.165) is 40.6 Å². The van der Waals surface area contributed by atoms with Crippen molar-refractivity contribution < 1.29 is 41.8 Å². The highest BCUT2D eigenvalue weighted by Crippen LogP contribution is 2.37. The molecule has 3 aliphatic heterocycles. The minimum atomic E-state index is -4.52. The maximum Gasteiger partial charge on any atom is 0.417 e. The number of piperidine rings is 2. The summed E-state index contributed by atoms with van der Waals surface area (Å²) in [6.07, 6.45) is 2.09. The molecule has 9 rings (SSSR count). The van der Waals surface area contributed by atoms with Crippen LogP contribution in [0.25, 0.3) is 21.8 Å². The number of aromatic nitrogens is 3. The number of hydrogen-bond donors (Lipinski definition) is 4. The number of nitrogens with one attached hydrogen (secondary N) is 3. The standard InChI is InChI=1S/C56H64ClF3N10O6/c57-42-13-11-40(12-14-42)48(66-54(74)55(61)20-27-69(28-21-55)51-46-15-22-62-50(46)64-37-65-51)18-24-67-29-31-68(32-30-67)49(71)19-33-75-35-36-76-34-23-63-52(72)41-9-7-38(8-10-41)39-16-25-70(26-17-39)53(73)45-5-1-4-44-43(45)3-2-6-47(44)56(58,59)60/h1-15,22,37,39,48H,16-21,23-36,61H2,(H,63,72)(H,66,74)(H,62,64,65)/t48-/m0/s1. The van der Waals surface area contributed by atoms with Gasteiger partial charge < -0.3 is 45.5 Å². The zero-order valence-corrected chi connectivity index (χ0v) is 43.1. The minimum Gasteiger partial charge on any atom is -0.379 e. The minimum absolute atomic E-state index is 0.0107. The van der Waals surface area contributed by atoms with Gasteiger partial charge >= 0.3 is 6.18 Å². The second-order valence-corrected chi connectivity index (χ2v) is 20.2. The molecule has 402 valence electrons. The molecular weight excluding hydrogens is 1000 g/mol. The van der Waals surface area contributed by atoms with Gasteiger partial charge in [0.2, 0.25) is 11.8 Å². The summed E-state index contributed by atoms with van der Waals surface area (Å²) in [7, 11) is 0. The summed E-state index contributed by atoms with van der Waals surface area (Å²) in [5, 5.41) is 8.00. The molecule has 3 aliphatic rings. The Labute approximate surface area is 444 Å². The maximum absolute atomic E-state index is 13.9. The fourth-order valence-corrected chi connectivity index (χ4v) is 10.6. The number of nitrogens with zero attached hydrogens (tertiary/aromatic N) is 6. The van der Waals surface area contributed by atoms with Crippen molar-refractivity contribution in [3.63, 3.8) is 0 Å². The van der Waals surface area contributed by atoms with Gasteiger partial charge in [-0.05, 0) is 102 Å². The molecule has 4 amide bonds. The third kappa shape index (κ3) is 13.1. The number of piperazine rings is 1. The summed E-state index contributed by atoms with van der Waals surface area (Å²) in [6, 6.07) is 25.0. The third-order valence-electron chi connectivity index (χ3n) is 15.0. The second-order valence-electron chi connectivity index (χ2n) is 19.8. The first kappa shape index (κ1) is 54.2. The molecule has 4 aromatic carbocycles. The summed E-state index contributed by atoms with van der Waals surface area (Å²) in [5.74, 6) is 0.343. The smallest absolute Gasteiger partial charge is 0.379 e. The monoisotopic (exact) mass is 1060 g/mol. The number of H-pyrrole nitrogens is 1. The lowest BCUT2D eigenvalue weighted by atomic mass is 9.87. The van der Waals surface area contributed by atoms with Crippen molar-refractivity contribution in [1.29, 1.82) is 0 Å². The number of nitrogens with two attached hydrogens (primary N) is 1. The zero-order chi connectivity index (χ0) is 53.2. The van der Waals surface area contributed by atoms with Gasteiger partial charge in [-0.1, -0.05) is 60.1 Å². The predicted octanol–water partition coefficient (Wildman–Crippen LogP) is 7.35. The van der Waals surface area contributed by atoms with E-state index in [0.29, 0.717) is 121 Å². The number of halogens is 4. The second kappa shape index (κ2) is 24.6. The molecule has 0 aliphatic carbocycles. The fraction of sp³-hybridized carbons (Fsp3) is 0.429. The van der Waals surface area contributed by atoms with Crippen LogP contribution in [0.15, 0.2) is 104 Å². The van der Waals surface area contributed by atoms with Gasteiger partial charge in [-0.3, -0.25) is 24.1 Å². The molecule has 20 heteroatoms. The Balaban J connectivity index is 0.624. The highest BCUT2D eigenvalue weighted by Gasteiger charge is 2.40. The molecule has 3 saturated heterocycles. The van der Waals surface area contributed by atoms with E-state index >= 15 is 0 Å². The van der Waals surface area contributed by atoms with Crippen molar-refractivity contribution in [3.8, 4) is 0 Å². The third-order valence-corrected chi connectivity index (χ3v) is 15.3. The lowest BCUT2D eigenvalue weighted by molar-refractivity contribution is -0.136. The number of anilines is 1. The molecule has 5 N–H and O–H groups in total. The Morgan fingerprint density at radius 3 is 2.20 bits per heavy atom. The fourth-order valence-electron chi connectivity index (χ4n) is 10.5. The highest BCUT2D eigenvalue weighted by atomic mass is 35.5. The number of hydrogen-bond acceptors (Lipinski definition) is 11. The van der Waals surface area contributed by atoms with Crippen LogP contribution in [0, 0.1) is 0 Å². The molecule has 76 heavy (non-hydrogen) atoms. The molecule has 0 saturated carbocycles. The topological polar surface area (TPSA) is 191 Å². The van der Waals surface area contributed by atoms with E-state index in [9.17, 15) is 32.3 Å². The zero-order valence-electron chi connectivity index (χ0n) is 42.3. The summed E-state index contributed by atoms with van der Waals surface area (Å²) in [4.78, 5) is 73.3. The van der Waals surface area contributed by atoms with Crippen LogP contribution >= 0.6 is 11.6 Å². The van der Waals surface area contributed by atoms with Crippen LogP contribution in [0.4, 0.5) is 19.0 Å². The number of carbonyl (C=O) groups excluding carboxylic acids is 4. The van der Waals surface area contributed by atoms with Crippen molar-refractivity contribution in [2.24, 2.45) is 5.73 Å². The molecule has 2 aromatic heterocycles. The Kier molecular flexibility index (Phi) is 17.5. The van der Waals surface area contributed by atoms with Crippen LogP contribution in [0.3, 0.4) is 0 Å². The first-order chi connectivity index (χ1) is 36.7. The lowest BCUT2D eigenvalue weighted by Gasteiger charge is -2.39.